The Morgan fingerprint density at radius 2 is 1.60 bits per heavy atom. The van der Waals surface area contributed by atoms with Crippen LogP contribution in [0.5, 0.6) is 0 Å². The van der Waals surface area contributed by atoms with E-state index in [4.69, 9.17) is 4.79 Å². The van der Waals surface area contributed by atoms with Crippen LogP contribution in [0.1, 0.15) is 17.3 Å². The number of halogens is 3. The fourth-order valence-electron chi connectivity index (χ4n) is 0.753. The normalized spacial score (nSPS) is 9.87. The van der Waals surface area contributed by atoms with Gasteiger partial charge < -0.3 is 4.79 Å². The van der Waals surface area contributed by atoms with E-state index in [0.29, 0.717) is 0 Å². The highest BCUT2D eigenvalue weighted by Crippen LogP contribution is 2.20. The Morgan fingerprint density at radius 3 is 1.93 bits per heavy atom. The van der Waals surface area contributed by atoms with Crippen LogP contribution in [-0.4, -0.2) is 18.2 Å². The van der Waals surface area contributed by atoms with E-state index in [9.17, 15) is 18.0 Å². The first-order valence-electron chi connectivity index (χ1n) is 3.99. The van der Waals surface area contributed by atoms with Crippen LogP contribution in [0.3, 0.4) is 0 Å². The predicted octanol–water partition coefficient (Wildman–Crippen LogP) is 2.64. The minimum Gasteiger partial charge on any atom is -0.304 e. The van der Waals surface area contributed by atoms with Crippen molar-refractivity contribution in [3.63, 3.8) is 0 Å². The standard InChI is InChI=1S/C8H5F3O.C2H4O/c9-8(10,11)7(12)6-4-2-1-3-5-6;1-2-3/h1-5H;2H,1H3. The van der Waals surface area contributed by atoms with Gasteiger partial charge in [-0.15, -0.1) is 0 Å². The molecule has 0 N–H and O–H groups in total. The van der Waals surface area contributed by atoms with Crippen molar-refractivity contribution in [2.75, 3.05) is 0 Å². The van der Waals surface area contributed by atoms with Gasteiger partial charge in [-0.3, -0.25) is 4.79 Å². The molecule has 0 saturated heterocycles. The summed E-state index contributed by atoms with van der Waals surface area (Å²) < 4.78 is 35.4. The minimum atomic E-state index is -4.78. The Bertz CT molecular complexity index is 317. The van der Waals surface area contributed by atoms with E-state index >= 15 is 0 Å². The van der Waals surface area contributed by atoms with E-state index in [-0.39, 0.29) is 5.56 Å². The van der Waals surface area contributed by atoms with Crippen molar-refractivity contribution in [3.05, 3.63) is 35.9 Å². The van der Waals surface area contributed by atoms with Crippen LogP contribution in [0, 0.1) is 0 Å². The maximum absolute atomic E-state index is 11.8. The van der Waals surface area contributed by atoms with Gasteiger partial charge in [-0.2, -0.15) is 13.2 Å². The summed E-state index contributed by atoms with van der Waals surface area (Å²) in [4.78, 5) is 19.3. The molecule has 0 heterocycles. The molecule has 5 heteroatoms. The molecule has 1 aromatic rings. The predicted molar refractivity (Wildman–Crippen MR) is 48.6 cm³/mol. The molecule has 0 saturated carbocycles. The zero-order valence-corrected chi connectivity index (χ0v) is 7.91. The van der Waals surface area contributed by atoms with Crippen LogP contribution in [0.25, 0.3) is 0 Å². The summed E-state index contributed by atoms with van der Waals surface area (Å²) in [6.07, 6.45) is -4.03. The van der Waals surface area contributed by atoms with E-state index in [1.807, 2.05) is 0 Å². The number of alkyl halides is 3. The molecule has 1 aromatic carbocycles. The van der Waals surface area contributed by atoms with Gasteiger partial charge in [0.25, 0.3) is 5.78 Å². The largest absolute Gasteiger partial charge is 0.454 e. The van der Waals surface area contributed by atoms with Gasteiger partial charge in [0, 0.05) is 5.56 Å². The second-order valence-electron chi connectivity index (χ2n) is 2.43. The summed E-state index contributed by atoms with van der Waals surface area (Å²) in [6, 6.07) is 6.59. The van der Waals surface area contributed by atoms with Crippen LogP contribution in [0.15, 0.2) is 30.3 Å². The van der Waals surface area contributed by atoms with Crippen molar-refractivity contribution in [2.45, 2.75) is 13.1 Å². The number of aldehydes is 1. The molecule has 82 valence electrons. The molecule has 1 rings (SSSR count). The molecular formula is C10H9F3O2. The molecule has 0 aromatic heterocycles. The molecule has 0 aliphatic carbocycles. The average Bonchev–Trinajstić information content (AvgIpc) is 2.18. The van der Waals surface area contributed by atoms with Crippen LogP contribution >= 0.6 is 0 Å². The lowest BCUT2D eigenvalue weighted by Gasteiger charge is -2.03. The number of carbonyl (C=O) groups is 2. The van der Waals surface area contributed by atoms with Gasteiger partial charge >= 0.3 is 6.18 Å². The maximum atomic E-state index is 11.8. The SMILES string of the molecule is CC=O.O=C(c1ccccc1)C(F)(F)F. The second-order valence-corrected chi connectivity index (χ2v) is 2.43. The van der Waals surface area contributed by atoms with Crippen molar-refractivity contribution in [1.29, 1.82) is 0 Å². The zero-order chi connectivity index (χ0) is 11.9. The van der Waals surface area contributed by atoms with Gasteiger partial charge in [-0.05, 0) is 6.92 Å². The molecular weight excluding hydrogens is 209 g/mol. The lowest BCUT2D eigenvalue weighted by molar-refractivity contribution is -0.106. The highest BCUT2D eigenvalue weighted by molar-refractivity contribution is 6.00. The van der Waals surface area contributed by atoms with E-state index < -0.39 is 12.0 Å². The highest BCUT2D eigenvalue weighted by Gasteiger charge is 2.38. The quantitative estimate of drug-likeness (QED) is 0.536. The first kappa shape index (κ1) is 13.4. The van der Waals surface area contributed by atoms with Gasteiger partial charge in [-0.1, -0.05) is 30.3 Å². The number of hydrogen-bond donors (Lipinski definition) is 0. The van der Waals surface area contributed by atoms with Gasteiger partial charge in [0.1, 0.15) is 6.29 Å². The van der Waals surface area contributed by atoms with E-state index in [1.54, 1.807) is 6.07 Å². The number of Topliss-reactive ketones (excluding diaryl/α,β-unsaturated/α-hetero) is 1. The Kier molecular flexibility index (Phi) is 5.30. The van der Waals surface area contributed by atoms with E-state index in [1.165, 1.54) is 19.1 Å². The third-order valence-corrected chi connectivity index (χ3v) is 1.29. The Labute approximate surface area is 84.7 Å². The summed E-state index contributed by atoms with van der Waals surface area (Å²) in [7, 11) is 0. The topological polar surface area (TPSA) is 34.1 Å². The maximum Gasteiger partial charge on any atom is 0.454 e. The lowest BCUT2D eigenvalue weighted by Crippen LogP contribution is -2.22. The lowest BCUT2D eigenvalue weighted by atomic mass is 10.1. The van der Waals surface area contributed by atoms with E-state index in [2.05, 4.69) is 0 Å². The fourth-order valence-corrected chi connectivity index (χ4v) is 0.753. The molecule has 0 aliphatic heterocycles. The third kappa shape index (κ3) is 4.95. The van der Waals surface area contributed by atoms with Crippen LogP contribution in [0.4, 0.5) is 13.2 Å². The number of rotatable bonds is 1. The monoisotopic (exact) mass is 218 g/mol. The van der Waals surface area contributed by atoms with Crippen LogP contribution in [0.2, 0.25) is 0 Å². The summed E-state index contributed by atoms with van der Waals surface area (Å²) in [5.41, 5.74) is -0.329. The Hall–Kier alpha value is -1.65. The number of benzene rings is 1. The van der Waals surface area contributed by atoms with Crippen molar-refractivity contribution >= 4 is 12.1 Å². The molecule has 0 atom stereocenters. The molecule has 15 heavy (non-hydrogen) atoms. The first-order valence-corrected chi connectivity index (χ1v) is 3.99. The van der Waals surface area contributed by atoms with Crippen molar-refractivity contribution in [3.8, 4) is 0 Å². The minimum absolute atomic E-state index is 0.329. The van der Waals surface area contributed by atoms with Gasteiger partial charge in [-0.25, -0.2) is 0 Å². The first-order chi connectivity index (χ1) is 6.93. The van der Waals surface area contributed by atoms with Crippen LogP contribution < -0.4 is 0 Å². The summed E-state index contributed by atoms with van der Waals surface area (Å²) in [5.74, 6) is -1.80. The van der Waals surface area contributed by atoms with Crippen LogP contribution in [-0.2, 0) is 4.79 Å². The fraction of sp³-hybridized carbons (Fsp3) is 0.200. The summed E-state index contributed by atoms with van der Waals surface area (Å²) in [5, 5.41) is 0. The molecule has 2 nitrogen and oxygen atoms in total. The van der Waals surface area contributed by atoms with Crippen molar-refractivity contribution < 1.29 is 22.8 Å². The third-order valence-electron chi connectivity index (χ3n) is 1.29. The molecule has 0 aliphatic rings. The molecule has 0 bridgehead atoms. The van der Waals surface area contributed by atoms with Crippen molar-refractivity contribution in [1.82, 2.24) is 0 Å². The highest BCUT2D eigenvalue weighted by atomic mass is 19.4. The molecule has 0 unspecified atom stereocenters. The van der Waals surface area contributed by atoms with Gasteiger partial charge in [0.2, 0.25) is 0 Å². The number of carbonyl (C=O) groups excluding carboxylic acids is 2. The Morgan fingerprint density at radius 1 is 1.20 bits per heavy atom. The molecule has 0 amide bonds. The summed E-state index contributed by atoms with van der Waals surface area (Å²) >= 11 is 0. The average molecular weight is 218 g/mol. The van der Waals surface area contributed by atoms with Gasteiger partial charge in [0.05, 0.1) is 0 Å². The second kappa shape index (κ2) is 5.95. The summed E-state index contributed by atoms with van der Waals surface area (Å²) in [6.45, 7) is 1.44. The molecule has 0 fully saturated rings. The van der Waals surface area contributed by atoms with E-state index in [0.717, 1.165) is 18.4 Å². The zero-order valence-electron chi connectivity index (χ0n) is 7.91. The smallest absolute Gasteiger partial charge is 0.304 e. The van der Waals surface area contributed by atoms with Gasteiger partial charge in [0.15, 0.2) is 0 Å². The number of ketones is 1. The number of hydrogen-bond acceptors (Lipinski definition) is 2. The Balaban J connectivity index is 0.000000583. The molecule has 0 spiro atoms. The molecule has 0 radical (unpaired) electrons. The van der Waals surface area contributed by atoms with Crippen molar-refractivity contribution in [2.24, 2.45) is 0 Å².